The minimum Gasteiger partial charge on any atom is -0.304 e. The molecule has 0 amide bonds. The van der Waals surface area contributed by atoms with Crippen LogP contribution >= 0.6 is 0 Å². The summed E-state index contributed by atoms with van der Waals surface area (Å²) in [5.41, 5.74) is 6.13. The van der Waals surface area contributed by atoms with Gasteiger partial charge >= 0.3 is 0 Å². The highest BCUT2D eigenvalue weighted by Gasteiger charge is 2.43. The molecular weight excluding hydrogens is 218 g/mol. The molecule has 90 valence electrons. The van der Waals surface area contributed by atoms with Crippen LogP contribution in [0.5, 0.6) is 0 Å². The molecule has 0 radical (unpaired) electrons. The van der Waals surface area contributed by atoms with Crippen molar-refractivity contribution in [2.75, 3.05) is 6.54 Å². The molecule has 1 nitrogen and oxygen atoms in total. The van der Waals surface area contributed by atoms with E-state index in [4.69, 9.17) is 0 Å². The highest BCUT2D eigenvalue weighted by Crippen LogP contribution is 2.43. The predicted molar refractivity (Wildman–Crippen MR) is 73.7 cm³/mol. The Balaban J connectivity index is 2.00. The quantitative estimate of drug-likeness (QED) is 0.740. The van der Waals surface area contributed by atoms with Gasteiger partial charge in [-0.15, -0.1) is 0 Å². The Bertz CT molecular complexity index is 547. The largest absolute Gasteiger partial charge is 0.304 e. The maximum Gasteiger partial charge on any atom is 0.0708 e. The number of rotatable bonds is 0. The lowest BCUT2D eigenvalue weighted by Gasteiger charge is -2.45. The van der Waals surface area contributed by atoms with Gasteiger partial charge in [0.2, 0.25) is 0 Å². The van der Waals surface area contributed by atoms with Crippen LogP contribution in [0.1, 0.15) is 28.7 Å². The maximum atomic E-state index is 3.71. The molecule has 0 aromatic heterocycles. The third kappa shape index (κ3) is 1.25. The lowest BCUT2D eigenvalue weighted by Crippen LogP contribution is -2.55. The number of hydrogen-bond acceptors (Lipinski definition) is 1. The summed E-state index contributed by atoms with van der Waals surface area (Å²) in [6.07, 6.45) is 3.55. The zero-order chi connectivity index (χ0) is 12.0. The van der Waals surface area contributed by atoms with Crippen LogP contribution in [0.25, 0.3) is 0 Å². The predicted octanol–water partition coefficient (Wildman–Crippen LogP) is 3.02. The molecule has 0 unspecified atom stereocenters. The molecular formula is C17H17N. The normalized spacial score (nSPS) is 19.6. The van der Waals surface area contributed by atoms with Crippen molar-refractivity contribution in [3.8, 4) is 0 Å². The first kappa shape index (κ1) is 10.3. The Morgan fingerprint density at radius 2 is 1.28 bits per heavy atom. The molecule has 2 aliphatic rings. The minimum atomic E-state index is 0.101. The molecule has 1 saturated heterocycles. The van der Waals surface area contributed by atoms with Gasteiger partial charge in [0, 0.05) is 0 Å². The summed E-state index contributed by atoms with van der Waals surface area (Å²) >= 11 is 0. The van der Waals surface area contributed by atoms with E-state index in [1.165, 1.54) is 28.7 Å². The van der Waals surface area contributed by atoms with Crippen LogP contribution in [0.4, 0.5) is 0 Å². The highest BCUT2D eigenvalue weighted by molar-refractivity contribution is 5.50. The summed E-state index contributed by atoms with van der Waals surface area (Å²) in [6, 6.07) is 17.9. The summed E-state index contributed by atoms with van der Waals surface area (Å²) < 4.78 is 0. The first-order chi connectivity index (χ1) is 8.90. The maximum absolute atomic E-state index is 3.71. The topological polar surface area (TPSA) is 12.0 Å². The van der Waals surface area contributed by atoms with Gasteiger partial charge in [-0.2, -0.15) is 0 Å². The zero-order valence-corrected chi connectivity index (χ0v) is 10.4. The van der Waals surface area contributed by atoms with E-state index in [9.17, 15) is 0 Å². The number of hydrogen-bond donors (Lipinski definition) is 1. The fourth-order valence-electron chi connectivity index (χ4n) is 3.56. The monoisotopic (exact) mass is 235 g/mol. The van der Waals surface area contributed by atoms with E-state index >= 15 is 0 Å². The fraction of sp³-hybridized carbons (Fsp3) is 0.294. The first-order valence-electron chi connectivity index (χ1n) is 6.82. The van der Waals surface area contributed by atoms with Gasteiger partial charge in [-0.3, -0.25) is 0 Å². The van der Waals surface area contributed by atoms with Gasteiger partial charge in [0.1, 0.15) is 0 Å². The van der Waals surface area contributed by atoms with Crippen molar-refractivity contribution in [2.24, 2.45) is 0 Å². The minimum absolute atomic E-state index is 0.101. The van der Waals surface area contributed by atoms with Crippen LogP contribution in [0.3, 0.4) is 0 Å². The standard InChI is InChI=1S/C17H17N/c1-3-7-15-13(5-1)9-10-14-6-2-4-8-16(14)17(15)11-12-18-17/h1-8,18H,9-12H2. The summed E-state index contributed by atoms with van der Waals surface area (Å²) in [4.78, 5) is 0. The molecule has 1 N–H and O–H groups in total. The summed E-state index contributed by atoms with van der Waals surface area (Å²) in [5.74, 6) is 0. The second kappa shape index (κ2) is 3.69. The van der Waals surface area contributed by atoms with Crippen LogP contribution in [-0.4, -0.2) is 6.54 Å². The Kier molecular flexibility index (Phi) is 2.12. The van der Waals surface area contributed by atoms with Crippen LogP contribution < -0.4 is 5.32 Å². The first-order valence-corrected chi connectivity index (χ1v) is 6.82. The Morgan fingerprint density at radius 1 is 0.778 bits per heavy atom. The lowest BCUT2D eigenvalue weighted by atomic mass is 9.73. The van der Waals surface area contributed by atoms with Crippen LogP contribution in [0, 0.1) is 0 Å². The smallest absolute Gasteiger partial charge is 0.0708 e. The van der Waals surface area contributed by atoms with Crippen molar-refractivity contribution < 1.29 is 0 Å². The average Bonchev–Trinajstić information content (AvgIpc) is 2.52. The number of benzene rings is 2. The molecule has 2 aromatic rings. The van der Waals surface area contributed by atoms with Gasteiger partial charge < -0.3 is 5.32 Å². The molecule has 0 saturated carbocycles. The Hall–Kier alpha value is -1.60. The average molecular weight is 235 g/mol. The molecule has 1 spiro atoms. The molecule has 1 fully saturated rings. The van der Waals surface area contributed by atoms with E-state index in [2.05, 4.69) is 53.8 Å². The van der Waals surface area contributed by atoms with Crippen molar-refractivity contribution in [1.29, 1.82) is 0 Å². The van der Waals surface area contributed by atoms with Gasteiger partial charge in [0.05, 0.1) is 5.54 Å². The molecule has 4 rings (SSSR count). The van der Waals surface area contributed by atoms with Crippen LogP contribution in [-0.2, 0) is 18.4 Å². The van der Waals surface area contributed by atoms with Gasteiger partial charge in [0.25, 0.3) is 0 Å². The van der Waals surface area contributed by atoms with E-state index in [1.807, 2.05) is 0 Å². The molecule has 18 heavy (non-hydrogen) atoms. The summed E-state index contributed by atoms with van der Waals surface area (Å²) in [5, 5.41) is 3.71. The van der Waals surface area contributed by atoms with Gasteiger partial charge in [-0.1, -0.05) is 48.5 Å². The van der Waals surface area contributed by atoms with E-state index in [0.717, 1.165) is 19.4 Å². The third-order valence-electron chi connectivity index (χ3n) is 4.54. The zero-order valence-electron chi connectivity index (χ0n) is 10.4. The fourth-order valence-corrected chi connectivity index (χ4v) is 3.56. The van der Waals surface area contributed by atoms with Crippen molar-refractivity contribution in [3.05, 3.63) is 70.8 Å². The van der Waals surface area contributed by atoms with Crippen LogP contribution in [0.2, 0.25) is 0 Å². The van der Waals surface area contributed by atoms with Crippen molar-refractivity contribution >= 4 is 0 Å². The molecule has 1 aliphatic carbocycles. The van der Waals surface area contributed by atoms with Crippen LogP contribution in [0.15, 0.2) is 48.5 Å². The Morgan fingerprint density at radius 3 is 1.72 bits per heavy atom. The number of aryl methyl sites for hydroxylation is 2. The summed E-state index contributed by atoms with van der Waals surface area (Å²) in [6.45, 7) is 1.13. The van der Waals surface area contributed by atoms with Crippen molar-refractivity contribution in [2.45, 2.75) is 24.8 Å². The number of fused-ring (bicyclic) bond motifs is 4. The second-order valence-electron chi connectivity index (χ2n) is 5.40. The van der Waals surface area contributed by atoms with E-state index < -0.39 is 0 Å². The lowest BCUT2D eigenvalue weighted by molar-refractivity contribution is 0.264. The van der Waals surface area contributed by atoms with Gasteiger partial charge in [0.15, 0.2) is 0 Å². The van der Waals surface area contributed by atoms with Crippen molar-refractivity contribution in [1.82, 2.24) is 5.32 Å². The Labute approximate surface area is 108 Å². The molecule has 1 heterocycles. The SMILES string of the molecule is c1ccc2c(c1)CCc1ccccc1C21CCN1. The molecule has 0 atom stereocenters. The molecule has 1 aliphatic heterocycles. The van der Waals surface area contributed by atoms with Gasteiger partial charge in [-0.25, -0.2) is 0 Å². The van der Waals surface area contributed by atoms with E-state index in [-0.39, 0.29) is 5.54 Å². The number of nitrogens with one attached hydrogen (secondary N) is 1. The second-order valence-corrected chi connectivity index (χ2v) is 5.40. The van der Waals surface area contributed by atoms with E-state index in [0.29, 0.717) is 0 Å². The summed E-state index contributed by atoms with van der Waals surface area (Å²) in [7, 11) is 0. The van der Waals surface area contributed by atoms with Gasteiger partial charge in [-0.05, 0) is 48.1 Å². The molecule has 2 aromatic carbocycles. The highest BCUT2D eigenvalue weighted by atomic mass is 15.1. The van der Waals surface area contributed by atoms with E-state index in [1.54, 1.807) is 0 Å². The third-order valence-corrected chi connectivity index (χ3v) is 4.54. The van der Waals surface area contributed by atoms with Crippen molar-refractivity contribution in [3.63, 3.8) is 0 Å². The molecule has 0 bridgehead atoms. The molecule has 1 heteroatoms.